The largest absolute Gasteiger partial charge is 0.497 e. The molecule has 0 saturated heterocycles. The summed E-state index contributed by atoms with van der Waals surface area (Å²) in [5.74, 6) is 1.27. The van der Waals surface area contributed by atoms with Crippen LogP contribution in [0, 0.1) is 0 Å². The van der Waals surface area contributed by atoms with E-state index in [9.17, 15) is 4.39 Å². The van der Waals surface area contributed by atoms with Crippen molar-refractivity contribution in [3.8, 4) is 33.3 Å². The van der Waals surface area contributed by atoms with E-state index in [2.05, 4.69) is 20.3 Å². The number of anilines is 1. The molecule has 9 heteroatoms. The van der Waals surface area contributed by atoms with Gasteiger partial charge in [-0.15, -0.1) is 0 Å². The third-order valence-electron chi connectivity index (χ3n) is 3.48. The Hall–Kier alpha value is -2.45. The maximum atomic E-state index is 12.5. The molecule has 0 aliphatic rings. The number of aromatic nitrogens is 3. The lowest BCUT2D eigenvalue weighted by atomic mass is 10.1. The Balaban J connectivity index is 2.14. The molecule has 1 N–H and O–H groups in total. The molecule has 2 aromatic heterocycles. The lowest BCUT2D eigenvalue weighted by molar-refractivity contribution is 0.394. The van der Waals surface area contributed by atoms with Gasteiger partial charge in [-0.25, -0.2) is 19.3 Å². The number of halogens is 2. The molecular weight excluding hydrogens is 379 g/mol. The van der Waals surface area contributed by atoms with Gasteiger partial charge in [0.1, 0.15) is 18.2 Å². The number of nitrogens with zero attached hydrogens (tertiary/aromatic N) is 3. The first-order chi connectivity index (χ1) is 12.6. The van der Waals surface area contributed by atoms with Crippen LogP contribution in [-0.2, 0) is 0 Å². The molecule has 0 spiro atoms. The van der Waals surface area contributed by atoms with Crippen molar-refractivity contribution in [3.05, 3.63) is 35.7 Å². The summed E-state index contributed by atoms with van der Waals surface area (Å²) in [5, 5.41) is 3.69. The van der Waals surface area contributed by atoms with Crippen molar-refractivity contribution >= 4 is 28.1 Å². The highest BCUT2D eigenvalue weighted by atomic mass is 35.5. The normalized spacial score (nSPS) is 10.6. The third kappa shape index (κ3) is 4.03. The summed E-state index contributed by atoms with van der Waals surface area (Å²) in [4.78, 5) is 13.6. The van der Waals surface area contributed by atoms with Gasteiger partial charge in [0.05, 0.1) is 30.5 Å². The summed E-state index contributed by atoms with van der Waals surface area (Å²) in [6.45, 7) is -0.311. The fourth-order valence-electron chi connectivity index (χ4n) is 2.32. The fourth-order valence-corrected chi connectivity index (χ4v) is 3.46. The lowest BCUT2D eigenvalue weighted by Gasteiger charge is -2.08. The Morgan fingerprint density at radius 1 is 1.15 bits per heavy atom. The zero-order valence-electron chi connectivity index (χ0n) is 14.1. The first-order valence-electron chi connectivity index (χ1n) is 7.67. The Morgan fingerprint density at radius 2 is 1.88 bits per heavy atom. The maximum Gasteiger partial charge on any atom is 0.222 e. The Morgan fingerprint density at radius 3 is 2.50 bits per heavy atom. The van der Waals surface area contributed by atoms with E-state index in [-0.39, 0.29) is 11.8 Å². The van der Waals surface area contributed by atoms with Gasteiger partial charge in [-0.05, 0) is 29.8 Å². The van der Waals surface area contributed by atoms with Gasteiger partial charge in [0.15, 0.2) is 5.13 Å². The molecule has 2 heterocycles. The van der Waals surface area contributed by atoms with E-state index in [0.29, 0.717) is 28.0 Å². The van der Waals surface area contributed by atoms with E-state index in [1.54, 1.807) is 32.5 Å². The van der Waals surface area contributed by atoms with Gasteiger partial charge in [-0.3, -0.25) is 0 Å². The van der Waals surface area contributed by atoms with Crippen LogP contribution in [0.25, 0.3) is 21.8 Å². The first kappa shape index (κ1) is 18.3. The monoisotopic (exact) mass is 394 g/mol. The van der Waals surface area contributed by atoms with Gasteiger partial charge in [-0.2, -0.15) is 0 Å². The van der Waals surface area contributed by atoms with Crippen molar-refractivity contribution in [2.75, 3.05) is 32.8 Å². The van der Waals surface area contributed by atoms with Crippen molar-refractivity contribution in [3.63, 3.8) is 0 Å². The molecule has 0 saturated carbocycles. The SMILES string of the molecule is COc1cc(OC)cc(-c2nc(NCCF)sc2-c2ccnc(Cl)n2)c1. The number of hydrogen-bond acceptors (Lipinski definition) is 7. The maximum absolute atomic E-state index is 12.5. The molecule has 6 nitrogen and oxygen atoms in total. The van der Waals surface area contributed by atoms with Crippen LogP contribution in [0.2, 0.25) is 5.28 Å². The zero-order chi connectivity index (χ0) is 18.5. The smallest absolute Gasteiger partial charge is 0.222 e. The second kappa shape index (κ2) is 8.29. The van der Waals surface area contributed by atoms with Crippen LogP contribution in [0.1, 0.15) is 0 Å². The average Bonchev–Trinajstić information content (AvgIpc) is 3.10. The molecule has 3 rings (SSSR count). The van der Waals surface area contributed by atoms with Crippen molar-refractivity contribution in [2.24, 2.45) is 0 Å². The van der Waals surface area contributed by atoms with E-state index >= 15 is 0 Å². The molecule has 3 aromatic rings. The van der Waals surface area contributed by atoms with Gasteiger partial charge in [0.2, 0.25) is 5.28 Å². The molecule has 1 aromatic carbocycles. The number of methoxy groups -OCH3 is 2. The summed E-state index contributed by atoms with van der Waals surface area (Å²) in [5.41, 5.74) is 2.09. The summed E-state index contributed by atoms with van der Waals surface area (Å²) in [6, 6.07) is 7.23. The van der Waals surface area contributed by atoms with Gasteiger partial charge in [-0.1, -0.05) is 11.3 Å². The van der Waals surface area contributed by atoms with Crippen LogP contribution in [0.5, 0.6) is 11.5 Å². The summed E-state index contributed by atoms with van der Waals surface area (Å²) in [7, 11) is 3.16. The van der Waals surface area contributed by atoms with Gasteiger partial charge in [0.25, 0.3) is 0 Å². The third-order valence-corrected chi connectivity index (χ3v) is 4.70. The summed E-state index contributed by atoms with van der Waals surface area (Å²) in [6.07, 6.45) is 1.58. The van der Waals surface area contributed by atoms with Crippen LogP contribution in [0.15, 0.2) is 30.5 Å². The number of benzene rings is 1. The number of nitrogens with one attached hydrogen (secondary N) is 1. The molecule has 0 aliphatic carbocycles. The topological polar surface area (TPSA) is 69.2 Å². The minimum atomic E-state index is -0.490. The second-order valence-electron chi connectivity index (χ2n) is 5.12. The molecule has 136 valence electrons. The van der Waals surface area contributed by atoms with Gasteiger partial charge >= 0.3 is 0 Å². The molecule has 0 atom stereocenters. The van der Waals surface area contributed by atoms with E-state index in [4.69, 9.17) is 21.1 Å². The molecule has 0 bridgehead atoms. The van der Waals surface area contributed by atoms with Crippen molar-refractivity contribution < 1.29 is 13.9 Å². The average molecular weight is 395 g/mol. The molecule has 0 amide bonds. The molecular formula is C17H16ClFN4O2S. The van der Waals surface area contributed by atoms with Crippen LogP contribution in [-0.4, -0.2) is 42.4 Å². The quantitative estimate of drug-likeness (QED) is 0.602. The molecule has 26 heavy (non-hydrogen) atoms. The van der Waals surface area contributed by atoms with Crippen LogP contribution < -0.4 is 14.8 Å². The predicted octanol–water partition coefficient (Wildman–Crippen LogP) is 4.32. The molecule has 0 radical (unpaired) electrons. The van der Waals surface area contributed by atoms with Crippen molar-refractivity contribution in [1.82, 2.24) is 15.0 Å². The van der Waals surface area contributed by atoms with Crippen LogP contribution in [0.3, 0.4) is 0 Å². The van der Waals surface area contributed by atoms with E-state index in [1.807, 2.05) is 12.1 Å². The van der Waals surface area contributed by atoms with Crippen molar-refractivity contribution in [1.29, 1.82) is 0 Å². The van der Waals surface area contributed by atoms with Gasteiger partial charge < -0.3 is 14.8 Å². The van der Waals surface area contributed by atoms with E-state index < -0.39 is 6.67 Å². The summed E-state index contributed by atoms with van der Waals surface area (Å²) < 4.78 is 23.2. The number of thiazole rings is 1. The van der Waals surface area contributed by atoms with E-state index in [0.717, 1.165) is 10.4 Å². The Kier molecular flexibility index (Phi) is 5.85. The Labute approximate surface area is 159 Å². The number of hydrogen-bond donors (Lipinski definition) is 1. The number of alkyl halides is 1. The minimum absolute atomic E-state index is 0.142. The predicted molar refractivity (Wildman–Crippen MR) is 101 cm³/mol. The highest BCUT2D eigenvalue weighted by molar-refractivity contribution is 7.19. The second-order valence-corrected chi connectivity index (χ2v) is 6.46. The number of rotatable bonds is 7. The molecule has 0 aliphatic heterocycles. The standard InChI is InChI=1S/C17H16ClFN4O2S/c1-24-11-7-10(8-12(9-11)25-2)14-15(13-3-5-20-16(18)22-13)26-17(23-14)21-6-4-19/h3,5,7-9H,4,6H2,1-2H3,(H,21,23). The first-order valence-corrected chi connectivity index (χ1v) is 8.87. The van der Waals surface area contributed by atoms with Gasteiger partial charge in [0, 0.05) is 24.4 Å². The Bertz CT molecular complexity index is 884. The molecule has 0 fully saturated rings. The van der Waals surface area contributed by atoms with Crippen LogP contribution in [0.4, 0.5) is 9.52 Å². The highest BCUT2D eigenvalue weighted by Gasteiger charge is 2.18. The van der Waals surface area contributed by atoms with Crippen molar-refractivity contribution in [2.45, 2.75) is 0 Å². The zero-order valence-corrected chi connectivity index (χ0v) is 15.7. The highest BCUT2D eigenvalue weighted by Crippen LogP contribution is 2.40. The summed E-state index contributed by atoms with van der Waals surface area (Å²) >= 11 is 7.30. The fraction of sp³-hybridized carbons (Fsp3) is 0.235. The number of ether oxygens (including phenoxy) is 2. The van der Waals surface area contributed by atoms with E-state index in [1.165, 1.54) is 11.3 Å². The lowest BCUT2D eigenvalue weighted by Crippen LogP contribution is -2.02. The minimum Gasteiger partial charge on any atom is -0.497 e. The van der Waals surface area contributed by atoms with Crippen LogP contribution >= 0.6 is 22.9 Å². The molecule has 0 unspecified atom stereocenters.